The fourth-order valence-corrected chi connectivity index (χ4v) is 2.80. The van der Waals surface area contributed by atoms with Crippen LogP contribution in [-0.2, 0) is 11.2 Å². The summed E-state index contributed by atoms with van der Waals surface area (Å²) in [7, 11) is 1.82. The van der Waals surface area contributed by atoms with Crippen LogP contribution in [0.4, 0.5) is 0 Å². The zero-order chi connectivity index (χ0) is 13.0. The van der Waals surface area contributed by atoms with Crippen molar-refractivity contribution in [3.63, 3.8) is 0 Å². The zero-order valence-corrected chi connectivity index (χ0v) is 11.8. The Morgan fingerprint density at radius 3 is 2.56 bits per heavy atom. The quantitative estimate of drug-likeness (QED) is 0.860. The van der Waals surface area contributed by atoms with Crippen LogP contribution in [0.15, 0.2) is 24.3 Å². The summed E-state index contributed by atoms with van der Waals surface area (Å²) in [6.45, 7) is 4.45. The average molecular weight is 247 g/mol. The smallest absolute Gasteiger partial charge is 0.0586 e. The molecule has 1 aromatic rings. The number of hydrogen-bond acceptors (Lipinski definition) is 2. The molecule has 0 amide bonds. The van der Waals surface area contributed by atoms with Gasteiger partial charge in [0.25, 0.3) is 0 Å². The number of nitrogens with one attached hydrogen (secondary N) is 1. The Morgan fingerprint density at radius 2 is 2.00 bits per heavy atom. The number of hydrogen-bond donors (Lipinski definition) is 1. The van der Waals surface area contributed by atoms with E-state index in [0.717, 1.165) is 12.8 Å². The van der Waals surface area contributed by atoms with Gasteiger partial charge in [0.05, 0.1) is 6.10 Å². The molecule has 1 aliphatic carbocycles. The van der Waals surface area contributed by atoms with E-state index in [0.29, 0.717) is 18.2 Å². The van der Waals surface area contributed by atoms with E-state index in [-0.39, 0.29) is 0 Å². The van der Waals surface area contributed by atoms with E-state index < -0.39 is 0 Å². The van der Waals surface area contributed by atoms with E-state index in [2.05, 4.69) is 43.4 Å². The first-order valence-corrected chi connectivity index (χ1v) is 7.10. The van der Waals surface area contributed by atoms with Gasteiger partial charge in [-0.25, -0.2) is 0 Å². The van der Waals surface area contributed by atoms with Gasteiger partial charge in [-0.05, 0) is 43.7 Å². The summed E-state index contributed by atoms with van der Waals surface area (Å²) in [5.41, 5.74) is 2.79. The molecular formula is C16H25NO. The van der Waals surface area contributed by atoms with Crippen LogP contribution in [0.5, 0.6) is 0 Å². The number of ether oxygens (including phenoxy) is 1. The SMILES string of the molecule is CCc1ccc(C(C)NC2CCC(OC)C2)cc1. The summed E-state index contributed by atoms with van der Waals surface area (Å²) in [5, 5.41) is 3.72. The predicted molar refractivity (Wildman–Crippen MR) is 75.8 cm³/mol. The molecule has 0 saturated heterocycles. The van der Waals surface area contributed by atoms with Gasteiger partial charge >= 0.3 is 0 Å². The molecule has 0 heterocycles. The Morgan fingerprint density at radius 1 is 1.28 bits per heavy atom. The lowest BCUT2D eigenvalue weighted by molar-refractivity contribution is 0.106. The van der Waals surface area contributed by atoms with Crippen LogP contribution in [0.1, 0.15) is 50.3 Å². The minimum absolute atomic E-state index is 0.427. The van der Waals surface area contributed by atoms with E-state index >= 15 is 0 Å². The molecule has 1 fully saturated rings. The highest BCUT2D eigenvalue weighted by molar-refractivity contribution is 5.24. The Bertz CT molecular complexity index is 360. The minimum atomic E-state index is 0.427. The molecule has 100 valence electrons. The molecular weight excluding hydrogens is 222 g/mol. The largest absolute Gasteiger partial charge is 0.381 e. The molecule has 0 bridgehead atoms. The van der Waals surface area contributed by atoms with Gasteiger partial charge in [-0.1, -0.05) is 31.2 Å². The molecule has 0 aliphatic heterocycles. The third-order valence-corrected chi connectivity index (χ3v) is 4.09. The van der Waals surface area contributed by atoms with Crippen LogP contribution in [0.2, 0.25) is 0 Å². The van der Waals surface area contributed by atoms with Crippen LogP contribution < -0.4 is 5.32 Å². The van der Waals surface area contributed by atoms with Crippen molar-refractivity contribution < 1.29 is 4.74 Å². The molecule has 2 heteroatoms. The lowest BCUT2D eigenvalue weighted by Gasteiger charge is -2.20. The third kappa shape index (κ3) is 3.33. The molecule has 3 unspecified atom stereocenters. The van der Waals surface area contributed by atoms with Crippen molar-refractivity contribution >= 4 is 0 Å². The van der Waals surface area contributed by atoms with Crippen LogP contribution in [0.25, 0.3) is 0 Å². The fourth-order valence-electron chi connectivity index (χ4n) is 2.80. The number of aryl methyl sites for hydroxylation is 1. The summed E-state index contributed by atoms with van der Waals surface area (Å²) in [4.78, 5) is 0. The number of methoxy groups -OCH3 is 1. The summed E-state index contributed by atoms with van der Waals surface area (Å²) >= 11 is 0. The van der Waals surface area contributed by atoms with E-state index in [1.54, 1.807) is 0 Å². The maximum absolute atomic E-state index is 5.42. The second-order valence-electron chi connectivity index (χ2n) is 5.35. The maximum atomic E-state index is 5.42. The van der Waals surface area contributed by atoms with Crippen molar-refractivity contribution in [1.29, 1.82) is 0 Å². The molecule has 3 atom stereocenters. The van der Waals surface area contributed by atoms with Crippen molar-refractivity contribution in [1.82, 2.24) is 5.32 Å². The fraction of sp³-hybridized carbons (Fsp3) is 0.625. The van der Waals surface area contributed by atoms with E-state index in [1.807, 2.05) is 7.11 Å². The monoisotopic (exact) mass is 247 g/mol. The van der Waals surface area contributed by atoms with Gasteiger partial charge in [0.15, 0.2) is 0 Å². The predicted octanol–water partition coefficient (Wildman–Crippen LogP) is 3.47. The van der Waals surface area contributed by atoms with Crippen molar-refractivity contribution in [2.24, 2.45) is 0 Å². The van der Waals surface area contributed by atoms with Gasteiger partial charge in [0.2, 0.25) is 0 Å². The molecule has 18 heavy (non-hydrogen) atoms. The first-order chi connectivity index (χ1) is 8.72. The normalized spacial score (nSPS) is 25.3. The van der Waals surface area contributed by atoms with Crippen LogP contribution in [0, 0.1) is 0 Å². The lowest BCUT2D eigenvalue weighted by atomic mass is 10.0. The molecule has 0 radical (unpaired) electrons. The minimum Gasteiger partial charge on any atom is -0.381 e. The summed E-state index contributed by atoms with van der Waals surface area (Å²) in [6, 6.07) is 10.0. The van der Waals surface area contributed by atoms with Gasteiger partial charge < -0.3 is 10.1 Å². The highest BCUT2D eigenvalue weighted by Crippen LogP contribution is 2.24. The summed E-state index contributed by atoms with van der Waals surface area (Å²) in [5.74, 6) is 0. The van der Waals surface area contributed by atoms with Crippen molar-refractivity contribution in [3.8, 4) is 0 Å². The zero-order valence-electron chi connectivity index (χ0n) is 11.8. The Labute approximate surface area is 111 Å². The van der Waals surface area contributed by atoms with Crippen LogP contribution >= 0.6 is 0 Å². The van der Waals surface area contributed by atoms with Gasteiger partial charge in [-0.15, -0.1) is 0 Å². The molecule has 1 N–H and O–H groups in total. The molecule has 1 aromatic carbocycles. The molecule has 1 saturated carbocycles. The van der Waals surface area contributed by atoms with Gasteiger partial charge in [-0.2, -0.15) is 0 Å². The van der Waals surface area contributed by atoms with Crippen LogP contribution in [0.3, 0.4) is 0 Å². The Hall–Kier alpha value is -0.860. The number of rotatable bonds is 5. The molecule has 2 nitrogen and oxygen atoms in total. The first kappa shape index (κ1) is 13.6. The summed E-state index contributed by atoms with van der Waals surface area (Å²) < 4.78 is 5.42. The second-order valence-corrected chi connectivity index (χ2v) is 5.35. The van der Waals surface area contributed by atoms with Crippen molar-refractivity contribution in [2.45, 2.75) is 57.7 Å². The first-order valence-electron chi connectivity index (χ1n) is 7.10. The average Bonchev–Trinajstić information content (AvgIpc) is 2.86. The Balaban J connectivity index is 1.89. The van der Waals surface area contributed by atoms with E-state index in [1.165, 1.54) is 24.0 Å². The molecule has 0 aromatic heterocycles. The summed E-state index contributed by atoms with van der Waals surface area (Å²) in [6.07, 6.45) is 5.14. The highest BCUT2D eigenvalue weighted by atomic mass is 16.5. The molecule has 1 aliphatic rings. The standard InChI is InChI=1S/C16H25NO/c1-4-13-5-7-14(8-6-13)12(2)17-15-9-10-16(11-15)18-3/h5-8,12,15-17H,4,9-11H2,1-3H3. The third-order valence-electron chi connectivity index (χ3n) is 4.09. The number of benzene rings is 1. The highest BCUT2D eigenvalue weighted by Gasteiger charge is 2.25. The van der Waals surface area contributed by atoms with Gasteiger partial charge in [-0.3, -0.25) is 0 Å². The topological polar surface area (TPSA) is 21.3 Å². The van der Waals surface area contributed by atoms with Crippen molar-refractivity contribution in [2.75, 3.05) is 7.11 Å². The maximum Gasteiger partial charge on any atom is 0.0586 e. The van der Waals surface area contributed by atoms with Crippen LogP contribution in [-0.4, -0.2) is 19.3 Å². The Kier molecular flexibility index (Phi) is 4.79. The van der Waals surface area contributed by atoms with Gasteiger partial charge in [0, 0.05) is 19.2 Å². The van der Waals surface area contributed by atoms with E-state index in [9.17, 15) is 0 Å². The van der Waals surface area contributed by atoms with Gasteiger partial charge in [0.1, 0.15) is 0 Å². The van der Waals surface area contributed by atoms with Crippen molar-refractivity contribution in [3.05, 3.63) is 35.4 Å². The van der Waals surface area contributed by atoms with E-state index in [4.69, 9.17) is 4.74 Å². The lowest BCUT2D eigenvalue weighted by Crippen LogP contribution is -2.29. The molecule has 2 rings (SSSR count). The second kappa shape index (κ2) is 6.35. The molecule has 0 spiro atoms.